The molecule has 0 radical (unpaired) electrons. The molecule has 1 atom stereocenters. The van der Waals surface area contributed by atoms with Crippen LogP contribution in [0.1, 0.15) is 63.1 Å². The molecule has 0 saturated carbocycles. The zero-order valence-corrected chi connectivity index (χ0v) is 22.8. The van der Waals surface area contributed by atoms with Crippen LogP contribution in [0.3, 0.4) is 0 Å². The number of halogens is 1. The van der Waals surface area contributed by atoms with Crippen molar-refractivity contribution in [3.8, 4) is 11.5 Å². The molecule has 2 aromatic carbocycles. The van der Waals surface area contributed by atoms with Gasteiger partial charge in [-0.15, -0.1) is 0 Å². The third-order valence-electron chi connectivity index (χ3n) is 6.92. The van der Waals surface area contributed by atoms with E-state index < -0.39 is 23.5 Å². The predicted octanol–water partition coefficient (Wildman–Crippen LogP) is 5.56. The zero-order valence-electron chi connectivity index (χ0n) is 22.8. The molecule has 1 saturated heterocycles. The van der Waals surface area contributed by atoms with Crippen LogP contribution in [0.25, 0.3) is 5.76 Å². The summed E-state index contributed by atoms with van der Waals surface area (Å²) >= 11 is 0. The minimum atomic E-state index is -0.861. The number of amides is 1. The van der Waals surface area contributed by atoms with Gasteiger partial charge in [0.25, 0.3) is 11.7 Å². The van der Waals surface area contributed by atoms with Crippen molar-refractivity contribution in [1.29, 1.82) is 0 Å². The molecule has 7 nitrogen and oxygen atoms in total. The molecular formula is C30H39FN2O5. The third kappa shape index (κ3) is 6.72. The number of carbonyl (C=O) groups is 2. The summed E-state index contributed by atoms with van der Waals surface area (Å²) < 4.78 is 24.5. The lowest BCUT2D eigenvalue weighted by Gasteiger charge is -2.28. The topological polar surface area (TPSA) is 79.3 Å². The fraction of sp³-hybridized carbons (Fsp3) is 0.467. The molecule has 0 aliphatic carbocycles. The molecule has 3 rings (SSSR count). The minimum absolute atomic E-state index is 0.0427. The van der Waals surface area contributed by atoms with Gasteiger partial charge in [-0.3, -0.25) is 9.59 Å². The molecular weight excluding hydrogens is 487 g/mol. The molecule has 1 aliphatic heterocycles. The van der Waals surface area contributed by atoms with E-state index in [0.717, 1.165) is 45.3 Å². The third-order valence-corrected chi connectivity index (χ3v) is 6.92. The summed E-state index contributed by atoms with van der Waals surface area (Å²) in [6.07, 6.45) is 5.10. The minimum Gasteiger partial charge on any atom is -0.507 e. The summed E-state index contributed by atoms with van der Waals surface area (Å²) in [4.78, 5) is 30.6. The van der Waals surface area contributed by atoms with E-state index in [-0.39, 0.29) is 16.9 Å². The van der Waals surface area contributed by atoms with Crippen LogP contribution in [0, 0.1) is 5.82 Å². The smallest absolute Gasteiger partial charge is 0.295 e. The second-order valence-corrected chi connectivity index (χ2v) is 9.51. The number of rotatable bonds is 14. The predicted molar refractivity (Wildman–Crippen MR) is 146 cm³/mol. The molecule has 1 fully saturated rings. The number of aliphatic hydroxyl groups is 1. The van der Waals surface area contributed by atoms with E-state index in [1.165, 1.54) is 43.4 Å². The van der Waals surface area contributed by atoms with Crippen molar-refractivity contribution in [2.45, 2.75) is 52.0 Å². The monoisotopic (exact) mass is 526 g/mol. The molecule has 1 amide bonds. The quantitative estimate of drug-likeness (QED) is 0.197. The van der Waals surface area contributed by atoms with Gasteiger partial charge < -0.3 is 24.4 Å². The Morgan fingerprint density at radius 2 is 1.58 bits per heavy atom. The Morgan fingerprint density at radius 1 is 0.947 bits per heavy atom. The number of hydrogen-bond acceptors (Lipinski definition) is 6. The molecule has 38 heavy (non-hydrogen) atoms. The summed E-state index contributed by atoms with van der Waals surface area (Å²) in [5.74, 6) is -1.27. The van der Waals surface area contributed by atoms with Gasteiger partial charge >= 0.3 is 0 Å². The van der Waals surface area contributed by atoms with Crippen LogP contribution < -0.4 is 9.47 Å². The summed E-state index contributed by atoms with van der Waals surface area (Å²) in [6.45, 7) is 7.46. The number of nitrogens with zero attached hydrogens (tertiary/aromatic N) is 2. The lowest BCUT2D eigenvalue weighted by atomic mass is 9.94. The second kappa shape index (κ2) is 14.0. The summed E-state index contributed by atoms with van der Waals surface area (Å²) in [6, 6.07) is 9.48. The normalized spacial score (nSPS) is 16.9. The number of methoxy groups -OCH3 is 2. The van der Waals surface area contributed by atoms with Crippen LogP contribution in [0.4, 0.5) is 4.39 Å². The highest BCUT2D eigenvalue weighted by molar-refractivity contribution is 6.46. The van der Waals surface area contributed by atoms with Crippen LogP contribution in [0.5, 0.6) is 11.5 Å². The highest BCUT2D eigenvalue weighted by Gasteiger charge is 2.46. The van der Waals surface area contributed by atoms with Crippen molar-refractivity contribution in [2.75, 3.05) is 40.4 Å². The van der Waals surface area contributed by atoms with Crippen molar-refractivity contribution < 1.29 is 28.6 Å². The standard InChI is InChI=1S/C30H39FN2O5/c1-5-7-16-32(17-8-6-2)18-9-19-33-27(24-15-14-23(37-3)20-25(24)38-4)26(29(35)30(33)36)28(34)21-10-12-22(31)13-11-21/h10-15,20,27,34H,5-9,16-19H2,1-4H3/t27-/m0/s1. The van der Waals surface area contributed by atoms with Crippen molar-refractivity contribution in [2.24, 2.45) is 0 Å². The van der Waals surface area contributed by atoms with E-state index in [9.17, 15) is 19.1 Å². The van der Waals surface area contributed by atoms with Crippen LogP contribution in [-0.4, -0.2) is 67.0 Å². The Morgan fingerprint density at radius 3 is 2.16 bits per heavy atom. The largest absolute Gasteiger partial charge is 0.507 e. The fourth-order valence-corrected chi connectivity index (χ4v) is 4.81. The highest BCUT2D eigenvalue weighted by atomic mass is 19.1. The van der Waals surface area contributed by atoms with Gasteiger partial charge in [-0.2, -0.15) is 0 Å². The first-order valence-electron chi connectivity index (χ1n) is 13.3. The zero-order chi connectivity index (χ0) is 27.7. The van der Waals surface area contributed by atoms with Crippen molar-refractivity contribution in [3.63, 3.8) is 0 Å². The maximum absolute atomic E-state index is 13.5. The highest BCUT2D eigenvalue weighted by Crippen LogP contribution is 2.43. The van der Waals surface area contributed by atoms with E-state index >= 15 is 0 Å². The molecule has 206 valence electrons. The average molecular weight is 527 g/mol. The Hall–Kier alpha value is -3.39. The van der Waals surface area contributed by atoms with Crippen molar-refractivity contribution in [1.82, 2.24) is 9.80 Å². The van der Waals surface area contributed by atoms with Crippen LogP contribution in [0.15, 0.2) is 48.0 Å². The van der Waals surface area contributed by atoms with E-state index in [1.807, 2.05) is 0 Å². The SMILES string of the molecule is CCCCN(CCCC)CCCN1C(=O)C(=O)C(=C(O)c2ccc(F)cc2)[C@@H]1c1ccc(OC)cc1OC. The first-order valence-corrected chi connectivity index (χ1v) is 13.3. The molecule has 0 spiro atoms. The number of benzene rings is 2. The molecule has 1 N–H and O–H groups in total. The van der Waals surface area contributed by atoms with Crippen molar-refractivity contribution >= 4 is 17.4 Å². The number of ketones is 1. The van der Waals surface area contributed by atoms with Gasteiger partial charge in [-0.05, 0) is 75.3 Å². The maximum atomic E-state index is 13.5. The maximum Gasteiger partial charge on any atom is 0.295 e. The lowest BCUT2D eigenvalue weighted by molar-refractivity contribution is -0.140. The first-order chi connectivity index (χ1) is 18.4. The Bertz CT molecular complexity index is 1120. The molecule has 0 bridgehead atoms. The van der Waals surface area contributed by atoms with Gasteiger partial charge in [0.15, 0.2) is 0 Å². The molecule has 1 aliphatic rings. The summed E-state index contributed by atoms with van der Waals surface area (Å²) in [7, 11) is 3.04. The second-order valence-electron chi connectivity index (χ2n) is 9.51. The number of aliphatic hydroxyl groups excluding tert-OH is 1. The van der Waals surface area contributed by atoms with Gasteiger partial charge in [-0.1, -0.05) is 26.7 Å². The van der Waals surface area contributed by atoms with Gasteiger partial charge in [-0.25, -0.2) is 4.39 Å². The van der Waals surface area contributed by atoms with Crippen molar-refractivity contribution in [3.05, 3.63) is 65.0 Å². The number of ether oxygens (including phenoxy) is 2. The van der Waals surface area contributed by atoms with Crippen LogP contribution >= 0.6 is 0 Å². The average Bonchev–Trinajstić information content (AvgIpc) is 3.18. The van der Waals surface area contributed by atoms with Gasteiger partial charge in [0.05, 0.1) is 25.8 Å². The Kier molecular flexibility index (Phi) is 10.7. The first kappa shape index (κ1) is 29.2. The number of likely N-dealkylation sites (tertiary alicyclic amines) is 1. The Labute approximate surface area is 224 Å². The van der Waals surface area contributed by atoms with Gasteiger partial charge in [0.1, 0.15) is 23.1 Å². The van der Waals surface area contributed by atoms with E-state index in [2.05, 4.69) is 18.7 Å². The summed E-state index contributed by atoms with van der Waals surface area (Å²) in [5.41, 5.74) is 0.774. The lowest BCUT2D eigenvalue weighted by Crippen LogP contribution is -2.34. The van der Waals surface area contributed by atoms with Crippen LogP contribution in [0.2, 0.25) is 0 Å². The molecule has 0 unspecified atom stereocenters. The molecule has 2 aromatic rings. The molecule has 0 aromatic heterocycles. The molecule has 8 heteroatoms. The van der Waals surface area contributed by atoms with E-state index in [4.69, 9.17) is 9.47 Å². The van der Waals surface area contributed by atoms with Crippen LogP contribution in [-0.2, 0) is 9.59 Å². The van der Waals surface area contributed by atoms with E-state index in [1.54, 1.807) is 18.2 Å². The van der Waals surface area contributed by atoms with E-state index in [0.29, 0.717) is 30.0 Å². The Balaban J connectivity index is 2.00. The number of carbonyl (C=O) groups excluding carboxylic acids is 2. The molecule has 1 heterocycles. The summed E-state index contributed by atoms with van der Waals surface area (Å²) in [5, 5.41) is 11.2. The fourth-order valence-electron chi connectivity index (χ4n) is 4.81. The number of Topliss-reactive ketones (excluding diaryl/α,β-unsaturated/α-hetero) is 1. The van der Waals surface area contributed by atoms with Gasteiger partial charge in [0, 0.05) is 23.7 Å². The number of unbranched alkanes of at least 4 members (excludes halogenated alkanes) is 2. The number of hydrogen-bond donors (Lipinski definition) is 1. The van der Waals surface area contributed by atoms with Gasteiger partial charge in [0.2, 0.25) is 0 Å².